The fourth-order valence-electron chi connectivity index (χ4n) is 2.73. The first-order valence-electron chi connectivity index (χ1n) is 7.84. The minimum Gasteiger partial charge on any atom is -0.399 e. The normalized spacial score (nSPS) is 16.5. The molecule has 0 unspecified atom stereocenters. The minimum absolute atomic E-state index is 0.105. The van der Waals surface area contributed by atoms with E-state index in [1.807, 2.05) is 24.0 Å². The molecule has 0 saturated carbocycles. The number of carbonyl (C=O) groups is 1. The molecule has 4 heteroatoms. The van der Waals surface area contributed by atoms with E-state index < -0.39 is 0 Å². The van der Waals surface area contributed by atoms with Gasteiger partial charge in [-0.2, -0.15) is 0 Å². The zero-order chi connectivity index (χ0) is 15.4. The second kappa shape index (κ2) is 6.94. The molecule has 1 amide bonds. The molecule has 0 spiro atoms. The lowest BCUT2D eigenvalue weighted by molar-refractivity contribution is 0.0632. The average molecular weight is 289 g/mol. The van der Waals surface area contributed by atoms with Crippen molar-refractivity contribution in [2.45, 2.75) is 27.2 Å². The highest BCUT2D eigenvalue weighted by Crippen LogP contribution is 2.15. The SMILES string of the molecule is Cc1cc(N)cc(C(=O)N2CCN(CCC(C)C)CC2)c1. The van der Waals surface area contributed by atoms with Crippen molar-refractivity contribution in [2.24, 2.45) is 5.92 Å². The lowest BCUT2D eigenvalue weighted by Crippen LogP contribution is -2.49. The lowest BCUT2D eigenvalue weighted by Gasteiger charge is -2.35. The molecule has 1 aliphatic heterocycles. The molecule has 116 valence electrons. The number of nitrogens with two attached hydrogens (primary N) is 1. The van der Waals surface area contributed by atoms with Crippen LogP contribution in [0, 0.1) is 12.8 Å². The molecular formula is C17H27N3O. The van der Waals surface area contributed by atoms with E-state index in [-0.39, 0.29) is 5.91 Å². The maximum Gasteiger partial charge on any atom is 0.254 e. The number of carbonyl (C=O) groups excluding carboxylic acids is 1. The molecular weight excluding hydrogens is 262 g/mol. The van der Waals surface area contributed by atoms with Gasteiger partial charge in [0, 0.05) is 37.4 Å². The van der Waals surface area contributed by atoms with Gasteiger partial charge in [-0.1, -0.05) is 13.8 Å². The number of piperazine rings is 1. The first kappa shape index (κ1) is 15.8. The fourth-order valence-corrected chi connectivity index (χ4v) is 2.73. The van der Waals surface area contributed by atoms with Crippen LogP contribution in [0.5, 0.6) is 0 Å². The molecule has 0 aromatic heterocycles. The molecule has 1 aromatic rings. The predicted molar refractivity (Wildman–Crippen MR) is 87.4 cm³/mol. The van der Waals surface area contributed by atoms with Gasteiger partial charge >= 0.3 is 0 Å². The summed E-state index contributed by atoms with van der Waals surface area (Å²) in [6.45, 7) is 11.2. The Bertz CT molecular complexity index is 471. The van der Waals surface area contributed by atoms with Crippen LogP contribution in [0.25, 0.3) is 0 Å². The first-order chi connectivity index (χ1) is 9.95. The van der Waals surface area contributed by atoms with Crippen LogP contribution in [-0.4, -0.2) is 48.4 Å². The number of hydrogen-bond donors (Lipinski definition) is 1. The summed E-state index contributed by atoms with van der Waals surface area (Å²) in [4.78, 5) is 16.9. The summed E-state index contributed by atoms with van der Waals surface area (Å²) in [5, 5.41) is 0. The Kier molecular flexibility index (Phi) is 5.23. The zero-order valence-electron chi connectivity index (χ0n) is 13.4. The van der Waals surface area contributed by atoms with E-state index in [2.05, 4.69) is 18.7 Å². The monoisotopic (exact) mass is 289 g/mol. The second-order valence-corrected chi connectivity index (χ2v) is 6.45. The molecule has 0 radical (unpaired) electrons. The van der Waals surface area contributed by atoms with Gasteiger partial charge in [-0.3, -0.25) is 9.69 Å². The number of rotatable bonds is 4. The largest absolute Gasteiger partial charge is 0.399 e. The van der Waals surface area contributed by atoms with Crippen LogP contribution in [0.4, 0.5) is 5.69 Å². The highest BCUT2D eigenvalue weighted by molar-refractivity contribution is 5.95. The Balaban J connectivity index is 1.91. The highest BCUT2D eigenvalue weighted by atomic mass is 16.2. The number of anilines is 1. The van der Waals surface area contributed by atoms with Gasteiger partial charge < -0.3 is 10.6 Å². The van der Waals surface area contributed by atoms with Crippen LogP contribution in [0.1, 0.15) is 36.2 Å². The second-order valence-electron chi connectivity index (χ2n) is 6.45. The Morgan fingerprint density at radius 3 is 2.43 bits per heavy atom. The van der Waals surface area contributed by atoms with E-state index >= 15 is 0 Å². The summed E-state index contributed by atoms with van der Waals surface area (Å²) in [6, 6.07) is 5.59. The fraction of sp³-hybridized carbons (Fsp3) is 0.588. The van der Waals surface area contributed by atoms with E-state index in [0.717, 1.165) is 44.2 Å². The standard InChI is InChI=1S/C17H27N3O/c1-13(2)4-5-19-6-8-20(9-7-19)17(21)15-10-14(3)11-16(18)12-15/h10-13H,4-9,18H2,1-3H3. The lowest BCUT2D eigenvalue weighted by atomic mass is 10.1. The van der Waals surface area contributed by atoms with E-state index in [1.54, 1.807) is 6.07 Å². The first-order valence-corrected chi connectivity index (χ1v) is 7.84. The Morgan fingerprint density at radius 2 is 1.86 bits per heavy atom. The van der Waals surface area contributed by atoms with Gasteiger partial charge in [-0.25, -0.2) is 0 Å². The van der Waals surface area contributed by atoms with E-state index in [0.29, 0.717) is 11.3 Å². The van der Waals surface area contributed by atoms with Gasteiger partial charge in [-0.05, 0) is 49.6 Å². The molecule has 1 saturated heterocycles. The Labute approximate surface area is 127 Å². The zero-order valence-corrected chi connectivity index (χ0v) is 13.4. The van der Waals surface area contributed by atoms with Crippen molar-refractivity contribution >= 4 is 11.6 Å². The number of hydrogen-bond acceptors (Lipinski definition) is 3. The summed E-state index contributed by atoms with van der Waals surface area (Å²) >= 11 is 0. The summed E-state index contributed by atoms with van der Waals surface area (Å²) in [5.74, 6) is 0.842. The van der Waals surface area contributed by atoms with Crippen LogP contribution < -0.4 is 5.73 Å². The van der Waals surface area contributed by atoms with Gasteiger partial charge in [-0.15, -0.1) is 0 Å². The topological polar surface area (TPSA) is 49.6 Å². The van der Waals surface area contributed by atoms with Crippen molar-refractivity contribution in [3.05, 3.63) is 29.3 Å². The molecule has 21 heavy (non-hydrogen) atoms. The number of nitrogen functional groups attached to an aromatic ring is 1. The van der Waals surface area contributed by atoms with Crippen LogP contribution in [-0.2, 0) is 0 Å². The van der Waals surface area contributed by atoms with Gasteiger partial charge in [0.1, 0.15) is 0 Å². The van der Waals surface area contributed by atoms with E-state index in [1.165, 1.54) is 6.42 Å². The molecule has 1 aromatic carbocycles. The van der Waals surface area contributed by atoms with Crippen molar-refractivity contribution in [1.29, 1.82) is 0 Å². The quantitative estimate of drug-likeness (QED) is 0.866. The number of benzene rings is 1. The molecule has 1 aliphatic rings. The summed E-state index contributed by atoms with van der Waals surface area (Å²) < 4.78 is 0. The molecule has 2 rings (SSSR count). The third kappa shape index (κ3) is 4.46. The Hall–Kier alpha value is -1.55. The van der Waals surface area contributed by atoms with Crippen molar-refractivity contribution in [1.82, 2.24) is 9.80 Å². The van der Waals surface area contributed by atoms with Gasteiger partial charge in [0.2, 0.25) is 0 Å². The number of aryl methyl sites for hydroxylation is 1. The summed E-state index contributed by atoms with van der Waals surface area (Å²) in [6.07, 6.45) is 1.22. The molecule has 1 heterocycles. The van der Waals surface area contributed by atoms with Crippen molar-refractivity contribution in [3.63, 3.8) is 0 Å². The smallest absolute Gasteiger partial charge is 0.254 e. The van der Waals surface area contributed by atoms with Gasteiger partial charge in [0.25, 0.3) is 5.91 Å². The van der Waals surface area contributed by atoms with Crippen molar-refractivity contribution in [3.8, 4) is 0 Å². The van der Waals surface area contributed by atoms with Gasteiger partial charge in [0.05, 0.1) is 0 Å². The van der Waals surface area contributed by atoms with Crippen LogP contribution in [0.15, 0.2) is 18.2 Å². The van der Waals surface area contributed by atoms with E-state index in [9.17, 15) is 4.79 Å². The molecule has 1 fully saturated rings. The third-order valence-corrected chi connectivity index (χ3v) is 4.03. The van der Waals surface area contributed by atoms with E-state index in [4.69, 9.17) is 5.73 Å². The van der Waals surface area contributed by atoms with Crippen LogP contribution in [0.3, 0.4) is 0 Å². The summed E-state index contributed by atoms with van der Waals surface area (Å²) in [7, 11) is 0. The molecule has 4 nitrogen and oxygen atoms in total. The average Bonchev–Trinajstić information content (AvgIpc) is 2.44. The van der Waals surface area contributed by atoms with Crippen LogP contribution in [0.2, 0.25) is 0 Å². The number of amides is 1. The molecule has 0 aliphatic carbocycles. The van der Waals surface area contributed by atoms with Crippen molar-refractivity contribution in [2.75, 3.05) is 38.5 Å². The maximum atomic E-state index is 12.5. The van der Waals surface area contributed by atoms with Crippen LogP contribution >= 0.6 is 0 Å². The van der Waals surface area contributed by atoms with Crippen molar-refractivity contribution < 1.29 is 4.79 Å². The molecule has 0 bridgehead atoms. The summed E-state index contributed by atoms with van der Waals surface area (Å²) in [5.41, 5.74) is 8.25. The maximum absolute atomic E-state index is 12.5. The van der Waals surface area contributed by atoms with Gasteiger partial charge in [0.15, 0.2) is 0 Å². The third-order valence-electron chi connectivity index (χ3n) is 4.03. The minimum atomic E-state index is 0.105. The Morgan fingerprint density at radius 1 is 1.19 bits per heavy atom. The number of nitrogens with zero attached hydrogens (tertiary/aromatic N) is 2. The predicted octanol–water partition coefficient (Wildman–Crippen LogP) is 2.38. The highest BCUT2D eigenvalue weighted by Gasteiger charge is 2.22. The molecule has 2 N–H and O–H groups in total. The molecule has 0 atom stereocenters.